The molecule has 5 aromatic rings. The average Bonchev–Trinajstić information content (AvgIpc) is 3.63. The first-order valence-electron chi connectivity index (χ1n) is 13.2. The van der Waals surface area contributed by atoms with Gasteiger partial charge in [-0.2, -0.15) is 0 Å². The van der Waals surface area contributed by atoms with Gasteiger partial charge in [0.1, 0.15) is 23.7 Å². The molecular weight excluding hydrogens is 576 g/mol. The highest BCUT2D eigenvalue weighted by Gasteiger charge is 2.52. The summed E-state index contributed by atoms with van der Waals surface area (Å²) in [5, 5.41) is 8.42. The summed E-state index contributed by atoms with van der Waals surface area (Å²) in [5.74, 6) is -2.01. The molecule has 0 spiro atoms. The van der Waals surface area contributed by atoms with Crippen LogP contribution >= 0.6 is 11.6 Å². The Morgan fingerprint density at radius 1 is 0.744 bits per heavy atom. The molecule has 1 fully saturated rings. The van der Waals surface area contributed by atoms with Gasteiger partial charge in [0.15, 0.2) is 23.6 Å². The maximum absolute atomic E-state index is 13.3. The summed E-state index contributed by atoms with van der Waals surface area (Å²) in [6.45, 7) is -0.338. The molecular formula is C31H23ClN4O7. The zero-order valence-corrected chi connectivity index (χ0v) is 23.1. The van der Waals surface area contributed by atoms with Gasteiger partial charge < -0.3 is 18.9 Å². The highest BCUT2D eigenvalue weighted by atomic mass is 35.5. The molecule has 6 rings (SSSR count). The molecule has 4 unspecified atom stereocenters. The molecule has 0 aliphatic carbocycles. The Morgan fingerprint density at radius 3 is 1.86 bits per heavy atom. The zero-order valence-electron chi connectivity index (χ0n) is 22.4. The minimum absolute atomic E-state index is 0.0796. The van der Waals surface area contributed by atoms with Crippen LogP contribution in [0.3, 0.4) is 0 Å². The Balaban J connectivity index is 1.38. The van der Waals surface area contributed by atoms with E-state index in [1.165, 1.54) is 10.9 Å². The van der Waals surface area contributed by atoms with Crippen LogP contribution in [0.25, 0.3) is 11.0 Å². The first-order chi connectivity index (χ1) is 21.0. The number of fused-ring (bicyclic) bond motifs is 1. The van der Waals surface area contributed by atoms with Crippen molar-refractivity contribution < 1.29 is 33.3 Å². The van der Waals surface area contributed by atoms with E-state index in [1.807, 2.05) is 0 Å². The molecule has 0 saturated carbocycles. The number of hydrogen-bond donors (Lipinski definition) is 0. The Bertz CT molecular complexity index is 1750. The van der Waals surface area contributed by atoms with E-state index < -0.39 is 42.4 Å². The second-order valence-corrected chi connectivity index (χ2v) is 9.86. The number of esters is 3. The third-order valence-corrected chi connectivity index (χ3v) is 7.03. The van der Waals surface area contributed by atoms with Gasteiger partial charge in [-0.05, 0) is 42.5 Å². The molecule has 3 aromatic carbocycles. The normalized spacial score (nSPS) is 19.6. The predicted molar refractivity (Wildman–Crippen MR) is 152 cm³/mol. The summed E-state index contributed by atoms with van der Waals surface area (Å²) in [4.78, 5) is 43.5. The third kappa shape index (κ3) is 5.94. The van der Waals surface area contributed by atoms with Crippen LogP contribution in [0.1, 0.15) is 37.3 Å². The molecule has 0 bridgehead atoms. The van der Waals surface area contributed by atoms with Crippen LogP contribution in [-0.2, 0) is 18.9 Å². The first kappa shape index (κ1) is 28.0. The minimum Gasteiger partial charge on any atom is -0.459 e. The molecule has 1 aliphatic rings. The number of hydrogen-bond acceptors (Lipinski definition) is 10. The van der Waals surface area contributed by atoms with Crippen molar-refractivity contribution in [1.29, 1.82) is 0 Å². The van der Waals surface area contributed by atoms with Crippen molar-refractivity contribution in [3.63, 3.8) is 0 Å². The van der Waals surface area contributed by atoms with Gasteiger partial charge in [0.05, 0.1) is 16.7 Å². The quantitative estimate of drug-likeness (QED) is 0.141. The molecule has 1 aliphatic heterocycles. The van der Waals surface area contributed by atoms with Gasteiger partial charge in [-0.25, -0.2) is 24.0 Å². The zero-order chi connectivity index (χ0) is 29.8. The maximum atomic E-state index is 13.3. The van der Waals surface area contributed by atoms with Crippen LogP contribution in [0.2, 0.25) is 5.15 Å². The van der Waals surface area contributed by atoms with Gasteiger partial charge in [-0.15, -0.1) is 5.10 Å². The molecule has 216 valence electrons. The molecule has 1 saturated heterocycles. The second-order valence-electron chi connectivity index (χ2n) is 9.50. The van der Waals surface area contributed by atoms with E-state index in [9.17, 15) is 14.4 Å². The van der Waals surface area contributed by atoms with E-state index in [0.717, 1.165) is 0 Å². The fourth-order valence-corrected chi connectivity index (χ4v) is 4.92. The first-order valence-corrected chi connectivity index (χ1v) is 13.6. The van der Waals surface area contributed by atoms with Crippen molar-refractivity contribution in [3.8, 4) is 0 Å². The number of carbonyl (C=O) groups excluding carboxylic acids is 3. The van der Waals surface area contributed by atoms with Crippen LogP contribution in [0.15, 0.2) is 103 Å². The maximum Gasteiger partial charge on any atom is 0.338 e. The van der Waals surface area contributed by atoms with E-state index >= 15 is 0 Å². The SMILES string of the molecule is O=C(OCC1OC(n2nnc3ccnc(Cl)c32)C(OC(=O)c2ccccc2)C1OC(=O)c1ccccc1)c1ccccc1. The fourth-order valence-electron chi connectivity index (χ4n) is 4.68. The molecule has 3 heterocycles. The lowest BCUT2D eigenvalue weighted by Crippen LogP contribution is -2.41. The molecule has 0 amide bonds. The summed E-state index contributed by atoms with van der Waals surface area (Å²) in [6, 6.07) is 26.6. The Kier molecular flexibility index (Phi) is 8.07. The Morgan fingerprint density at radius 2 is 1.28 bits per heavy atom. The molecule has 4 atom stereocenters. The van der Waals surface area contributed by atoms with Crippen molar-refractivity contribution >= 4 is 40.5 Å². The highest BCUT2D eigenvalue weighted by Crippen LogP contribution is 2.37. The summed E-state index contributed by atoms with van der Waals surface area (Å²) in [7, 11) is 0. The molecule has 0 radical (unpaired) electrons. The average molecular weight is 599 g/mol. The summed E-state index contributed by atoms with van der Waals surface area (Å²) < 4.78 is 25.1. The number of nitrogens with zero attached hydrogens (tertiary/aromatic N) is 4. The summed E-state index contributed by atoms with van der Waals surface area (Å²) in [6.07, 6.45) is -3.28. The minimum atomic E-state index is -1.26. The Hall–Kier alpha value is -5.13. The van der Waals surface area contributed by atoms with Gasteiger partial charge in [-0.1, -0.05) is 71.4 Å². The highest BCUT2D eigenvalue weighted by molar-refractivity contribution is 6.33. The van der Waals surface area contributed by atoms with Gasteiger partial charge in [0.25, 0.3) is 0 Å². The largest absolute Gasteiger partial charge is 0.459 e. The van der Waals surface area contributed by atoms with Crippen LogP contribution in [-0.4, -0.2) is 62.8 Å². The Labute approximate surface area is 249 Å². The van der Waals surface area contributed by atoms with Gasteiger partial charge >= 0.3 is 17.9 Å². The number of aromatic nitrogens is 4. The summed E-state index contributed by atoms with van der Waals surface area (Å²) in [5.41, 5.74) is 1.56. The standard InChI is InChI=1S/C31H23ClN4O7/c32-27-24-22(16-17-33-27)34-35-36(24)28-26(43-31(39)21-14-8-3-9-15-21)25(42-30(38)20-12-6-2-7-13-20)23(41-28)18-40-29(37)19-10-4-1-5-11-19/h1-17,23,25-26,28H,18H2. The number of carbonyl (C=O) groups is 3. The predicted octanol–water partition coefficient (Wildman–Crippen LogP) is 4.69. The van der Waals surface area contributed by atoms with Gasteiger partial charge in [-0.3, -0.25) is 0 Å². The second kappa shape index (κ2) is 12.4. The van der Waals surface area contributed by atoms with E-state index in [1.54, 1.807) is 97.1 Å². The van der Waals surface area contributed by atoms with E-state index in [4.69, 9.17) is 30.5 Å². The van der Waals surface area contributed by atoms with Crippen molar-refractivity contribution in [2.45, 2.75) is 24.5 Å². The molecule has 11 nitrogen and oxygen atoms in total. The van der Waals surface area contributed by atoms with Crippen molar-refractivity contribution in [2.75, 3.05) is 6.61 Å². The van der Waals surface area contributed by atoms with Gasteiger partial charge in [0, 0.05) is 6.20 Å². The van der Waals surface area contributed by atoms with Crippen LogP contribution in [0.5, 0.6) is 0 Å². The van der Waals surface area contributed by atoms with Crippen LogP contribution in [0.4, 0.5) is 0 Å². The number of rotatable bonds is 8. The van der Waals surface area contributed by atoms with E-state index in [-0.39, 0.29) is 22.9 Å². The van der Waals surface area contributed by atoms with Gasteiger partial charge in [0.2, 0.25) is 0 Å². The summed E-state index contributed by atoms with van der Waals surface area (Å²) >= 11 is 6.41. The number of ether oxygens (including phenoxy) is 4. The lowest BCUT2D eigenvalue weighted by molar-refractivity contribution is -0.0659. The molecule has 12 heteroatoms. The topological polar surface area (TPSA) is 132 Å². The lowest BCUT2D eigenvalue weighted by Gasteiger charge is -2.24. The van der Waals surface area contributed by atoms with E-state index in [2.05, 4.69) is 15.3 Å². The number of pyridine rings is 1. The van der Waals surface area contributed by atoms with Crippen LogP contribution < -0.4 is 0 Å². The smallest absolute Gasteiger partial charge is 0.338 e. The lowest BCUT2D eigenvalue weighted by atomic mass is 10.1. The number of halogens is 1. The van der Waals surface area contributed by atoms with Crippen molar-refractivity contribution in [3.05, 3.63) is 125 Å². The molecule has 2 aromatic heterocycles. The molecule has 43 heavy (non-hydrogen) atoms. The van der Waals surface area contributed by atoms with Crippen LogP contribution in [0, 0.1) is 0 Å². The third-order valence-electron chi connectivity index (χ3n) is 6.76. The van der Waals surface area contributed by atoms with Crippen molar-refractivity contribution in [2.24, 2.45) is 0 Å². The number of benzene rings is 3. The van der Waals surface area contributed by atoms with Crippen molar-refractivity contribution in [1.82, 2.24) is 20.0 Å². The molecule has 0 N–H and O–H groups in total. The fraction of sp³-hybridized carbons (Fsp3) is 0.161. The monoisotopic (exact) mass is 598 g/mol. The van der Waals surface area contributed by atoms with E-state index in [0.29, 0.717) is 16.6 Å².